The summed E-state index contributed by atoms with van der Waals surface area (Å²) in [5, 5.41) is 16.6. The molecule has 1 atom stereocenters. The summed E-state index contributed by atoms with van der Waals surface area (Å²) in [4.78, 5) is 4.59. The Labute approximate surface area is 151 Å². The fourth-order valence-corrected chi connectivity index (χ4v) is 3.32. The summed E-state index contributed by atoms with van der Waals surface area (Å²) in [7, 11) is 1.69. The summed E-state index contributed by atoms with van der Waals surface area (Å²) in [5.41, 5.74) is 2.80. The molecule has 4 heterocycles. The molecule has 1 unspecified atom stereocenters. The van der Waals surface area contributed by atoms with Crippen molar-refractivity contribution < 1.29 is 9.47 Å². The molecule has 0 aromatic carbocycles. The number of hydrogen-bond acceptors (Lipinski definition) is 6. The minimum absolute atomic E-state index is 0.364. The summed E-state index contributed by atoms with van der Waals surface area (Å²) in [6, 6.07) is 2.31. The standard InChI is InChI=1S/C18H24N6O2/c1-25-10-7-24-12-13(11-20-24)17-16-15(22-23-17)4-6-19-18(16)21-14-3-2-8-26-9-5-14/h4,6,11-12,14H,2-3,5,7-10H2,1H3,(H,19,21)(H,22,23). The van der Waals surface area contributed by atoms with E-state index in [1.807, 2.05) is 29.3 Å². The molecule has 0 radical (unpaired) electrons. The van der Waals surface area contributed by atoms with Gasteiger partial charge >= 0.3 is 0 Å². The number of nitrogens with one attached hydrogen (secondary N) is 2. The lowest BCUT2D eigenvalue weighted by Gasteiger charge is -2.17. The Kier molecular flexibility index (Phi) is 5.12. The zero-order valence-electron chi connectivity index (χ0n) is 14.9. The van der Waals surface area contributed by atoms with Crippen LogP contribution in [0.25, 0.3) is 22.2 Å². The summed E-state index contributed by atoms with van der Waals surface area (Å²) in [6.45, 7) is 2.97. The molecule has 2 N–H and O–H groups in total. The smallest absolute Gasteiger partial charge is 0.137 e. The van der Waals surface area contributed by atoms with Crippen molar-refractivity contribution in [2.45, 2.75) is 31.8 Å². The Morgan fingerprint density at radius 2 is 2.35 bits per heavy atom. The van der Waals surface area contributed by atoms with Crippen LogP contribution in [0, 0.1) is 0 Å². The molecular weight excluding hydrogens is 332 g/mol. The molecule has 8 heteroatoms. The molecule has 26 heavy (non-hydrogen) atoms. The molecule has 8 nitrogen and oxygen atoms in total. The number of ether oxygens (including phenoxy) is 2. The van der Waals surface area contributed by atoms with Crippen molar-refractivity contribution in [2.24, 2.45) is 0 Å². The van der Waals surface area contributed by atoms with Gasteiger partial charge in [-0.25, -0.2) is 4.98 Å². The monoisotopic (exact) mass is 356 g/mol. The predicted molar refractivity (Wildman–Crippen MR) is 99.1 cm³/mol. The van der Waals surface area contributed by atoms with Gasteiger partial charge in [0.15, 0.2) is 0 Å². The number of nitrogens with zero attached hydrogens (tertiary/aromatic N) is 4. The molecule has 0 aliphatic carbocycles. The largest absolute Gasteiger partial charge is 0.383 e. The second-order valence-corrected chi connectivity index (χ2v) is 6.52. The number of rotatable bonds is 6. The van der Waals surface area contributed by atoms with Crippen LogP contribution < -0.4 is 5.32 Å². The second-order valence-electron chi connectivity index (χ2n) is 6.52. The van der Waals surface area contributed by atoms with E-state index in [1.165, 1.54) is 0 Å². The normalized spacial score (nSPS) is 18.1. The van der Waals surface area contributed by atoms with Crippen LogP contribution in [0.5, 0.6) is 0 Å². The SMILES string of the molecule is COCCn1cc(-c2n[nH]c3ccnc(NC4CCCOCC4)c23)cn1. The van der Waals surface area contributed by atoms with Crippen molar-refractivity contribution >= 4 is 16.7 Å². The summed E-state index contributed by atoms with van der Waals surface area (Å²) >= 11 is 0. The van der Waals surface area contributed by atoms with Crippen LogP contribution in [0.1, 0.15) is 19.3 Å². The molecule has 4 rings (SSSR count). The number of fused-ring (bicyclic) bond motifs is 1. The average molecular weight is 356 g/mol. The highest BCUT2D eigenvalue weighted by Crippen LogP contribution is 2.31. The first-order chi connectivity index (χ1) is 12.8. The molecule has 1 fully saturated rings. The number of aromatic amines is 1. The van der Waals surface area contributed by atoms with Gasteiger partial charge < -0.3 is 14.8 Å². The van der Waals surface area contributed by atoms with E-state index < -0.39 is 0 Å². The minimum atomic E-state index is 0.364. The Bertz CT molecular complexity index is 850. The van der Waals surface area contributed by atoms with E-state index in [-0.39, 0.29) is 0 Å². The topological polar surface area (TPSA) is 89.9 Å². The van der Waals surface area contributed by atoms with Crippen LogP contribution in [0.3, 0.4) is 0 Å². The molecule has 0 spiro atoms. The van der Waals surface area contributed by atoms with Crippen LogP contribution in [0.2, 0.25) is 0 Å². The summed E-state index contributed by atoms with van der Waals surface area (Å²) in [6.07, 6.45) is 8.77. The first-order valence-corrected chi connectivity index (χ1v) is 9.04. The van der Waals surface area contributed by atoms with E-state index in [4.69, 9.17) is 9.47 Å². The van der Waals surface area contributed by atoms with Gasteiger partial charge in [-0.1, -0.05) is 0 Å². The summed E-state index contributed by atoms with van der Waals surface area (Å²) in [5.74, 6) is 0.864. The van der Waals surface area contributed by atoms with Gasteiger partial charge in [-0.3, -0.25) is 9.78 Å². The average Bonchev–Trinajstić information content (AvgIpc) is 3.22. The molecule has 1 saturated heterocycles. The van der Waals surface area contributed by atoms with Crippen molar-refractivity contribution in [3.63, 3.8) is 0 Å². The van der Waals surface area contributed by atoms with Gasteiger partial charge in [-0.05, 0) is 25.3 Å². The molecule has 3 aromatic heterocycles. The third kappa shape index (κ3) is 3.56. The fourth-order valence-electron chi connectivity index (χ4n) is 3.32. The molecule has 138 valence electrons. The maximum Gasteiger partial charge on any atom is 0.137 e. The predicted octanol–water partition coefficient (Wildman–Crippen LogP) is 2.45. The van der Waals surface area contributed by atoms with Gasteiger partial charge in [-0.15, -0.1) is 0 Å². The van der Waals surface area contributed by atoms with Crippen LogP contribution in [0.15, 0.2) is 24.7 Å². The van der Waals surface area contributed by atoms with E-state index in [1.54, 1.807) is 7.11 Å². The zero-order chi connectivity index (χ0) is 17.8. The first kappa shape index (κ1) is 17.0. The van der Waals surface area contributed by atoms with E-state index in [0.29, 0.717) is 19.2 Å². The van der Waals surface area contributed by atoms with Gasteiger partial charge in [0, 0.05) is 44.3 Å². The molecule has 0 bridgehead atoms. The first-order valence-electron chi connectivity index (χ1n) is 9.04. The Morgan fingerprint density at radius 1 is 1.38 bits per heavy atom. The zero-order valence-corrected chi connectivity index (χ0v) is 14.9. The number of H-pyrrole nitrogens is 1. The van der Waals surface area contributed by atoms with Gasteiger partial charge in [0.25, 0.3) is 0 Å². The number of aromatic nitrogens is 5. The van der Waals surface area contributed by atoms with Crippen molar-refractivity contribution in [2.75, 3.05) is 32.2 Å². The maximum absolute atomic E-state index is 5.56. The Morgan fingerprint density at radius 3 is 3.27 bits per heavy atom. The van der Waals surface area contributed by atoms with E-state index >= 15 is 0 Å². The Hall–Kier alpha value is -2.45. The van der Waals surface area contributed by atoms with Crippen LogP contribution in [0.4, 0.5) is 5.82 Å². The summed E-state index contributed by atoms with van der Waals surface area (Å²) < 4.78 is 12.5. The highest BCUT2D eigenvalue weighted by atomic mass is 16.5. The van der Waals surface area contributed by atoms with Gasteiger partial charge in [-0.2, -0.15) is 10.2 Å². The minimum Gasteiger partial charge on any atom is -0.383 e. The van der Waals surface area contributed by atoms with Crippen molar-refractivity contribution in [3.05, 3.63) is 24.7 Å². The number of anilines is 1. The quantitative estimate of drug-likeness (QED) is 0.705. The van der Waals surface area contributed by atoms with Gasteiger partial charge in [0.1, 0.15) is 11.5 Å². The van der Waals surface area contributed by atoms with E-state index in [0.717, 1.165) is 60.5 Å². The van der Waals surface area contributed by atoms with Crippen molar-refractivity contribution in [1.82, 2.24) is 25.0 Å². The highest BCUT2D eigenvalue weighted by molar-refractivity contribution is 6.00. The number of hydrogen-bond donors (Lipinski definition) is 2. The van der Waals surface area contributed by atoms with Gasteiger partial charge in [0.2, 0.25) is 0 Å². The van der Waals surface area contributed by atoms with Crippen molar-refractivity contribution in [3.8, 4) is 11.3 Å². The molecule has 1 aliphatic heterocycles. The molecule has 3 aromatic rings. The van der Waals surface area contributed by atoms with E-state index in [9.17, 15) is 0 Å². The number of methoxy groups -OCH3 is 1. The molecule has 1 aliphatic rings. The van der Waals surface area contributed by atoms with Crippen LogP contribution >= 0.6 is 0 Å². The van der Waals surface area contributed by atoms with Gasteiger partial charge in [0.05, 0.1) is 30.3 Å². The number of pyridine rings is 1. The highest BCUT2D eigenvalue weighted by Gasteiger charge is 2.18. The van der Waals surface area contributed by atoms with Crippen LogP contribution in [-0.4, -0.2) is 57.9 Å². The molecular formula is C18H24N6O2. The Balaban J connectivity index is 1.64. The third-order valence-electron chi connectivity index (χ3n) is 4.70. The molecule has 0 amide bonds. The van der Waals surface area contributed by atoms with Crippen LogP contribution in [-0.2, 0) is 16.0 Å². The maximum atomic E-state index is 5.56. The lowest BCUT2D eigenvalue weighted by Crippen LogP contribution is -2.20. The lowest BCUT2D eigenvalue weighted by atomic mass is 10.1. The second kappa shape index (κ2) is 7.84. The fraction of sp³-hybridized carbons (Fsp3) is 0.500. The molecule has 0 saturated carbocycles. The van der Waals surface area contributed by atoms with Crippen molar-refractivity contribution in [1.29, 1.82) is 0 Å². The third-order valence-corrected chi connectivity index (χ3v) is 4.70. The lowest BCUT2D eigenvalue weighted by molar-refractivity contribution is 0.144. The van der Waals surface area contributed by atoms with E-state index in [2.05, 4.69) is 25.6 Å².